The third kappa shape index (κ3) is 0.894. The largest absolute Gasteiger partial charge is 0.382 e. The third-order valence-electron chi connectivity index (χ3n) is 2.60. The minimum Gasteiger partial charge on any atom is -0.382 e. The van der Waals surface area contributed by atoms with E-state index in [0.29, 0.717) is 6.54 Å². The summed E-state index contributed by atoms with van der Waals surface area (Å²) < 4.78 is 0. The normalized spacial score (nSPS) is 47.4. The summed E-state index contributed by atoms with van der Waals surface area (Å²) in [6, 6.07) is 0. The Hall–Kier alpha value is -0.770. The lowest BCUT2D eigenvalue weighted by Crippen LogP contribution is -2.39. The molecule has 1 N–H and O–H groups in total. The van der Waals surface area contributed by atoms with Crippen LogP contribution in [0.4, 0.5) is 0 Å². The van der Waals surface area contributed by atoms with Gasteiger partial charge in [-0.25, -0.2) is 0 Å². The molecule has 5 nitrogen and oxygen atoms in total. The van der Waals surface area contributed by atoms with Gasteiger partial charge in [0.15, 0.2) is 5.72 Å². The first-order valence-corrected chi connectivity index (χ1v) is 3.75. The van der Waals surface area contributed by atoms with E-state index in [9.17, 15) is 5.11 Å². The zero-order chi connectivity index (χ0) is 7.90. The van der Waals surface area contributed by atoms with E-state index in [0.717, 1.165) is 19.5 Å². The van der Waals surface area contributed by atoms with Crippen molar-refractivity contribution >= 4 is 0 Å². The molecule has 2 rings (SSSR count). The lowest BCUT2D eigenvalue weighted by molar-refractivity contribution is 0.00156. The molecule has 0 saturated carbocycles. The summed E-state index contributed by atoms with van der Waals surface area (Å²) in [5.41, 5.74) is 7.10. The molecule has 0 aromatic carbocycles. The fraction of sp³-hybridized carbons (Fsp3) is 1.00. The highest BCUT2D eigenvalue weighted by atomic mass is 16.3. The van der Waals surface area contributed by atoms with E-state index >= 15 is 0 Å². The molecule has 11 heavy (non-hydrogen) atoms. The Morgan fingerprint density at radius 3 is 3.00 bits per heavy atom. The zero-order valence-corrected chi connectivity index (χ0v) is 6.14. The van der Waals surface area contributed by atoms with Crippen molar-refractivity contribution in [1.82, 2.24) is 4.90 Å². The van der Waals surface area contributed by atoms with Crippen LogP contribution in [0.15, 0.2) is 5.11 Å². The van der Waals surface area contributed by atoms with Gasteiger partial charge < -0.3 is 5.11 Å². The topological polar surface area (TPSA) is 72.2 Å². The number of hydrogen-bond donors (Lipinski definition) is 1. The van der Waals surface area contributed by atoms with Crippen LogP contribution in [0, 0.1) is 5.92 Å². The first kappa shape index (κ1) is 6.91. The number of rotatable bonds is 1. The van der Waals surface area contributed by atoms with E-state index in [-0.39, 0.29) is 5.92 Å². The van der Waals surface area contributed by atoms with Gasteiger partial charge >= 0.3 is 0 Å². The Kier molecular flexibility index (Phi) is 1.32. The summed E-state index contributed by atoms with van der Waals surface area (Å²) in [5, 5.41) is 13.2. The Labute approximate surface area is 64.2 Å². The highest BCUT2D eigenvalue weighted by molar-refractivity contribution is 5.00. The fourth-order valence-corrected chi connectivity index (χ4v) is 2.00. The SMILES string of the molecule is [N-]=[N+]=NC1(O)CN2CCC1C2. The van der Waals surface area contributed by atoms with Crippen molar-refractivity contribution in [3.63, 3.8) is 0 Å². The number of aliphatic hydroxyl groups is 1. The van der Waals surface area contributed by atoms with Gasteiger partial charge in [0.1, 0.15) is 0 Å². The second kappa shape index (κ2) is 2.11. The molecule has 60 valence electrons. The van der Waals surface area contributed by atoms with Crippen LogP contribution >= 0.6 is 0 Å². The maximum Gasteiger partial charge on any atom is 0.160 e. The number of hydrogen-bond acceptors (Lipinski definition) is 3. The highest BCUT2D eigenvalue weighted by Crippen LogP contribution is 2.37. The molecule has 2 fully saturated rings. The van der Waals surface area contributed by atoms with E-state index in [2.05, 4.69) is 14.9 Å². The molecule has 0 aromatic heterocycles. The summed E-state index contributed by atoms with van der Waals surface area (Å²) in [4.78, 5) is 4.78. The molecule has 5 heteroatoms. The first-order valence-electron chi connectivity index (χ1n) is 3.75. The quantitative estimate of drug-likeness (QED) is 0.335. The van der Waals surface area contributed by atoms with Crippen molar-refractivity contribution < 1.29 is 5.11 Å². The fourth-order valence-electron chi connectivity index (χ4n) is 2.00. The van der Waals surface area contributed by atoms with Crippen molar-refractivity contribution in [3.8, 4) is 0 Å². The molecular formula is C6H10N4O. The van der Waals surface area contributed by atoms with Gasteiger partial charge in [-0.1, -0.05) is 5.11 Å². The number of nitrogens with zero attached hydrogens (tertiary/aromatic N) is 4. The summed E-state index contributed by atoms with van der Waals surface area (Å²) in [7, 11) is 0. The van der Waals surface area contributed by atoms with E-state index < -0.39 is 5.72 Å². The monoisotopic (exact) mass is 154 g/mol. The van der Waals surface area contributed by atoms with Gasteiger partial charge in [0.2, 0.25) is 0 Å². The lowest BCUT2D eigenvalue weighted by atomic mass is 9.97. The van der Waals surface area contributed by atoms with Crippen LogP contribution in [-0.2, 0) is 0 Å². The number of fused-ring (bicyclic) bond motifs is 2. The van der Waals surface area contributed by atoms with Crippen molar-refractivity contribution in [2.24, 2.45) is 11.0 Å². The minimum absolute atomic E-state index is 0.165. The molecule has 2 aliphatic rings. The summed E-state index contributed by atoms with van der Waals surface area (Å²) in [5.74, 6) is 0.165. The van der Waals surface area contributed by atoms with Crippen molar-refractivity contribution in [1.29, 1.82) is 0 Å². The molecule has 2 aliphatic heterocycles. The first-order chi connectivity index (χ1) is 5.24. The van der Waals surface area contributed by atoms with Gasteiger partial charge in [0.25, 0.3) is 0 Å². The summed E-state index contributed by atoms with van der Waals surface area (Å²) in [6.45, 7) is 2.44. The molecule has 2 bridgehead atoms. The van der Waals surface area contributed by atoms with Gasteiger partial charge in [0, 0.05) is 23.9 Å². The standard InChI is InChI=1S/C6H10N4O/c7-9-8-6(11)4-10-2-1-5(6)3-10/h5,11H,1-4H2. The second-order valence-corrected chi connectivity index (χ2v) is 3.29. The zero-order valence-electron chi connectivity index (χ0n) is 6.14. The van der Waals surface area contributed by atoms with Gasteiger partial charge in [0.05, 0.1) is 0 Å². The second-order valence-electron chi connectivity index (χ2n) is 3.29. The van der Waals surface area contributed by atoms with Gasteiger partial charge in [-0.05, 0) is 18.5 Å². The molecule has 0 spiro atoms. The van der Waals surface area contributed by atoms with Crippen LogP contribution in [0.5, 0.6) is 0 Å². The van der Waals surface area contributed by atoms with Gasteiger partial charge in [-0.3, -0.25) is 4.90 Å². The van der Waals surface area contributed by atoms with Crippen LogP contribution in [0.2, 0.25) is 0 Å². The number of azide groups is 1. The predicted molar refractivity (Wildman–Crippen MR) is 38.6 cm³/mol. The van der Waals surface area contributed by atoms with E-state index in [1.807, 2.05) is 0 Å². The molecule has 3 unspecified atom stereocenters. The maximum atomic E-state index is 9.72. The van der Waals surface area contributed by atoms with Crippen molar-refractivity contribution in [3.05, 3.63) is 10.4 Å². The van der Waals surface area contributed by atoms with Crippen molar-refractivity contribution in [2.75, 3.05) is 19.6 Å². The Morgan fingerprint density at radius 2 is 2.55 bits per heavy atom. The molecule has 3 atom stereocenters. The maximum absolute atomic E-state index is 9.72. The smallest absolute Gasteiger partial charge is 0.160 e. The molecule has 0 radical (unpaired) electrons. The van der Waals surface area contributed by atoms with Crippen LogP contribution < -0.4 is 0 Å². The lowest BCUT2D eigenvalue weighted by Gasteiger charge is -2.26. The molecule has 2 heterocycles. The Morgan fingerprint density at radius 1 is 1.73 bits per heavy atom. The van der Waals surface area contributed by atoms with Crippen LogP contribution in [0.1, 0.15) is 6.42 Å². The molecule has 0 aliphatic carbocycles. The minimum atomic E-state index is -1.10. The highest BCUT2D eigenvalue weighted by Gasteiger charge is 2.48. The van der Waals surface area contributed by atoms with E-state index in [1.165, 1.54) is 0 Å². The molecule has 0 amide bonds. The number of piperidine rings is 1. The van der Waals surface area contributed by atoms with Crippen LogP contribution in [-0.4, -0.2) is 35.4 Å². The van der Waals surface area contributed by atoms with E-state index in [4.69, 9.17) is 5.53 Å². The molecule has 2 saturated heterocycles. The van der Waals surface area contributed by atoms with Gasteiger partial charge in [-0.2, -0.15) is 0 Å². The predicted octanol–water partition coefficient (Wildman–Crippen LogP) is 0.321. The molecule has 0 aromatic rings. The third-order valence-corrected chi connectivity index (χ3v) is 2.60. The summed E-state index contributed by atoms with van der Waals surface area (Å²) >= 11 is 0. The average Bonchev–Trinajstić information content (AvgIpc) is 2.45. The van der Waals surface area contributed by atoms with Gasteiger partial charge in [-0.15, -0.1) is 0 Å². The summed E-state index contributed by atoms with van der Waals surface area (Å²) in [6.07, 6.45) is 0.954. The van der Waals surface area contributed by atoms with Crippen LogP contribution in [0.25, 0.3) is 10.4 Å². The van der Waals surface area contributed by atoms with E-state index in [1.54, 1.807) is 0 Å². The molecular weight excluding hydrogens is 144 g/mol. The average molecular weight is 154 g/mol. The Bertz CT molecular complexity index is 225. The van der Waals surface area contributed by atoms with Crippen LogP contribution in [0.3, 0.4) is 0 Å². The Balaban J connectivity index is 2.22. The van der Waals surface area contributed by atoms with Crippen molar-refractivity contribution in [2.45, 2.75) is 12.1 Å².